The molecule has 2 nitrogen and oxygen atoms in total. The molecule has 16 heavy (non-hydrogen) atoms. The van der Waals surface area contributed by atoms with Crippen LogP contribution in [0.15, 0.2) is 23.7 Å². The highest BCUT2D eigenvalue weighted by molar-refractivity contribution is 7.16. The van der Waals surface area contributed by atoms with E-state index in [2.05, 4.69) is 42.3 Å². The number of benzene rings is 1. The number of nitrogens with one attached hydrogen (secondary N) is 1. The molecule has 0 unspecified atom stereocenters. The third-order valence-corrected chi connectivity index (χ3v) is 3.41. The van der Waals surface area contributed by atoms with Crippen molar-refractivity contribution in [1.29, 1.82) is 0 Å². The standard InChI is InChI=1S/C13H18N2S/c1-10(2)4-3-7-14-11-5-6-12-13(8-11)16-9-15-12/h5-6,8-10,14H,3-4,7H2,1-2H3. The van der Waals surface area contributed by atoms with Crippen molar-refractivity contribution in [3.05, 3.63) is 23.7 Å². The number of hydrogen-bond donors (Lipinski definition) is 1. The Morgan fingerprint density at radius 2 is 2.25 bits per heavy atom. The first kappa shape index (κ1) is 11.4. The summed E-state index contributed by atoms with van der Waals surface area (Å²) in [4.78, 5) is 4.27. The number of aromatic nitrogens is 1. The maximum Gasteiger partial charge on any atom is 0.0813 e. The van der Waals surface area contributed by atoms with E-state index in [1.54, 1.807) is 11.3 Å². The zero-order valence-corrected chi connectivity index (χ0v) is 10.7. The van der Waals surface area contributed by atoms with Gasteiger partial charge in [-0.1, -0.05) is 13.8 Å². The monoisotopic (exact) mass is 234 g/mol. The van der Waals surface area contributed by atoms with Crippen LogP contribution in [0.4, 0.5) is 5.69 Å². The Balaban J connectivity index is 1.89. The molecule has 2 rings (SSSR count). The Hall–Kier alpha value is -1.09. The van der Waals surface area contributed by atoms with E-state index in [9.17, 15) is 0 Å². The summed E-state index contributed by atoms with van der Waals surface area (Å²) in [6.45, 7) is 5.59. The summed E-state index contributed by atoms with van der Waals surface area (Å²) in [5.74, 6) is 0.797. The van der Waals surface area contributed by atoms with Crippen LogP contribution in [0.25, 0.3) is 10.2 Å². The lowest BCUT2D eigenvalue weighted by Gasteiger charge is -2.07. The van der Waals surface area contributed by atoms with Gasteiger partial charge in [0.1, 0.15) is 0 Å². The topological polar surface area (TPSA) is 24.9 Å². The molecule has 0 aliphatic rings. The summed E-state index contributed by atoms with van der Waals surface area (Å²) in [5.41, 5.74) is 4.20. The van der Waals surface area contributed by atoms with Crippen molar-refractivity contribution in [3.8, 4) is 0 Å². The van der Waals surface area contributed by atoms with Crippen LogP contribution in [0, 0.1) is 5.92 Å². The molecule has 0 aliphatic heterocycles. The van der Waals surface area contributed by atoms with Gasteiger partial charge < -0.3 is 5.32 Å². The van der Waals surface area contributed by atoms with Gasteiger partial charge in [-0.15, -0.1) is 11.3 Å². The summed E-state index contributed by atoms with van der Waals surface area (Å²) in [6.07, 6.45) is 2.52. The molecule has 2 aromatic rings. The van der Waals surface area contributed by atoms with Crippen LogP contribution in [0.5, 0.6) is 0 Å². The lowest BCUT2D eigenvalue weighted by molar-refractivity contribution is 0.567. The number of nitrogens with zero attached hydrogens (tertiary/aromatic N) is 1. The lowest BCUT2D eigenvalue weighted by atomic mass is 10.1. The first-order valence-corrected chi connectivity index (χ1v) is 6.71. The molecule has 86 valence electrons. The Morgan fingerprint density at radius 3 is 3.06 bits per heavy atom. The molecule has 0 saturated heterocycles. The van der Waals surface area contributed by atoms with Crippen LogP contribution in [0.3, 0.4) is 0 Å². The van der Waals surface area contributed by atoms with E-state index in [1.807, 2.05) is 5.51 Å². The van der Waals surface area contributed by atoms with Crippen molar-refractivity contribution in [2.75, 3.05) is 11.9 Å². The van der Waals surface area contributed by atoms with Crippen molar-refractivity contribution in [2.45, 2.75) is 26.7 Å². The molecule has 0 radical (unpaired) electrons. The fraction of sp³-hybridized carbons (Fsp3) is 0.462. The third-order valence-electron chi connectivity index (χ3n) is 2.62. The highest BCUT2D eigenvalue weighted by Crippen LogP contribution is 2.21. The predicted molar refractivity (Wildman–Crippen MR) is 72.2 cm³/mol. The van der Waals surface area contributed by atoms with Crippen molar-refractivity contribution >= 4 is 27.2 Å². The van der Waals surface area contributed by atoms with Crippen molar-refractivity contribution in [3.63, 3.8) is 0 Å². The highest BCUT2D eigenvalue weighted by Gasteiger charge is 1.98. The molecule has 1 heterocycles. The quantitative estimate of drug-likeness (QED) is 0.786. The van der Waals surface area contributed by atoms with E-state index in [0.717, 1.165) is 18.0 Å². The van der Waals surface area contributed by atoms with Gasteiger partial charge in [-0.05, 0) is 37.0 Å². The van der Waals surface area contributed by atoms with Crippen molar-refractivity contribution in [2.24, 2.45) is 5.92 Å². The smallest absolute Gasteiger partial charge is 0.0813 e. The zero-order chi connectivity index (χ0) is 11.4. The number of rotatable bonds is 5. The molecule has 1 aromatic heterocycles. The minimum absolute atomic E-state index is 0.797. The molecule has 0 amide bonds. The van der Waals surface area contributed by atoms with Gasteiger partial charge in [-0.3, -0.25) is 0 Å². The molecule has 3 heteroatoms. The van der Waals surface area contributed by atoms with E-state index in [1.165, 1.54) is 23.2 Å². The van der Waals surface area contributed by atoms with E-state index < -0.39 is 0 Å². The molecule has 0 spiro atoms. The zero-order valence-electron chi connectivity index (χ0n) is 9.86. The van der Waals surface area contributed by atoms with Gasteiger partial charge in [0.15, 0.2) is 0 Å². The Morgan fingerprint density at radius 1 is 1.38 bits per heavy atom. The van der Waals surface area contributed by atoms with E-state index in [0.29, 0.717) is 0 Å². The van der Waals surface area contributed by atoms with Crippen LogP contribution in [0.2, 0.25) is 0 Å². The second-order valence-electron chi connectivity index (χ2n) is 4.50. The molecular formula is C13H18N2S. The van der Waals surface area contributed by atoms with Crippen molar-refractivity contribution in [1.82, 2.24) is 4.98 Å². The van der Waals surface area contributed by atoms with Crippen LogP contribution in [-0.4, -0.2) is 11.5 Å². The van der Waals surface area contributed by atoms with E-state index in [-0.39, 0.29) is 0 Å². The number of anilines is 1. The van der Waals surface area contributed by atoms with Crippen molar-refractivity contribution < 1.29 is 0 Å². The Bertz CT molecular complexity index is 448. The molecule has 1 aromatic carbocycles. The second-order valence-corrected chi connectivity index (χ2v) is 5.38. The maximum atomic E-state index is 4.27. The van der Waals surface area contributed by atoms with Gasteiger partial charge >= 0.3 is 0 Å². The second kappa shape index (κ2) is 5.30. The molecule has 1 N–H and O–H groups in total. The minimum atomic E-state index is 0.797. The summed E-state index contributed by atoms with van der Waals surface area (Å²) < 4.78 is 1.26. The SMILES string of the molecule is CC(C)CCCNc1ccc2ncsc2c1. The first-order chi connectivity index (χ1) is 7.75. The summed E-state index contributed by atoms with van der Waals surface area (Å²) in [6, 6.07) is 6.37. The van der Waals surface area contributed by atoms with Crippen LogP contribution in [-0.2, 0) is 0 Å². The average Bonchev–Trinajstić information content (AvgIpc) is 2.71. The molecule has 0 saturated carbocycles. The fourth-order valence-corrected chi connectivity index (χ4v) is 2.42. The van der Waals surface area contributed by atoms with Crippen LogP contribution < -0.4 is 5.32 Å². The molecule has 0 fully saturated rings. The van der Waals surface area contributed by atoms with Crippen LogP contribution in [0.1, 0.15) is 26.7 Å². The summed E-state index contributed by atoms with van der Waals surface area (Å²) in [7, 11) is 0. The first-order valence-electron chi connectivity index (χ1n) is 5.83. The largest absolute Gasteiger partial charge is 0.385 e. The Kier molecular flexibility index (Phi) is 3.78. The van der Waals surface area contributed by atoms with Gasteiger partial charge in [0.25, 0.3) is 0 Å². The van der Waals surface area contributed by atoms with Gasteiger partial charge in [0.05, 0.1) is 15.7 Å². The minimum Gasteiger partial charge on any atom is -0.385 e. The van der Waals surface area contributed by atoms with E-state index >= 15 is 0 Å². The van der Waals surface area contributed by atoms with E-state index in [4.69, 9.17) is 0 Å². The third kappa shape index (κ3) is 2.95. The van der Waals surface area contributed by atoms with Gasteiger partial charge in [0.2, 0.25) is 0 Å². The number of hydrogen-bond acceptors (Lipinski definition) is 3. The predicted octanol–water partition coefficient (Wildman–Crippen LogP) is 4.14. The molecule has 0 bridgehead atoms. The summed E-state index contributed by atoms with van der Waals surface area (Å²) >= 11 is 1.69. The van der Waals surface area contributed by atoms with Gasteiger partial charge in [-0.25, -0.2) is 4.98 Å². The lowest BCUT2D eigenvalue weighted by Crippen LogP contribution is -2.02. The molecule has 0 aliphatic carbocycles. The maximum absolute atomic E-state index is 4.27. The molecular weight excluding hydrogens is 216 g/mol. The number of thiazole rings is 1. The van der Waals surface area contributed by atoms with Gasteiger partial charge in [0, 0.05) is 12.2 Å². The Labute approximate surface area is 101 Å². The normalized spacial score (nSPS) is 11.2. The summed E-state index contributed by atoms with van der Waals surface area (Å²) in [5, 5.41) is 3.46. The van der Waals surface area contributed by atoms with Gasteiger partial charge in [-0.2, -0.15) is 0 Å². The fourth-order valence-electron chi connectivity index (χ4n) is 1.71. The average molecular weight is 234 g/mol. The number of fused-ring (bicyclic) bond motifs is 1. The van der Waals surface area contributed by atoms with Crippen LogP contribution >= 0.6 is 11.3 Å². The highest BCUT2D eigenvalue weighted by atomic mass is 32.1. The molecule has 0 atom stereocenters.